The fourth-order valence-corrected chi connectivity index (χ4v) is 3.19. The van der Waals surface area contributed by atoms with Gasteiger partial charge >= 0.3 is 0 Å². The second kappa shape index (κ2) is 5.02. The molecule has 2 N–H and O–H groups in total. The number of rotatable bonds is 2. The summed E-state index contributed by atoms with van der Waals surface area (Å²) in [7, 11) is 0. The molecule has 0 radical (unpaired) electrons. The van der Waals surface area contributed by atoms with Crippen LogP contribution in [0.1, 0.15) is 30.9 Å². The molecule has 1 aliphatic heterocycles. The van der Waals surface area contributed by atoms with Crippen LogP contribution in [-0.2, 0) is 4.79 Å². The first-order valence-electron chi connectivity index (χ1n) is 6.25. The fraction of sp³-hybridized carbons (Fsp3) is 0.500. The normalized spacial score (nSPS) is 23.1. The SMILES string of the molecule is Cc1cc(C)c(NC(=O)C2(C)CCCN2)c(Br)c1. The molecule has 0 aromatic heterocycles. The molecule has 1 aromatic rings. The molecular formula is C14H19BrN2O. The monoisotopic (exact) mass is 310 g/mol. The lowest BCUT2D eigenvalue weighted by Crippen LogP contribution is -2.48. The third kappa shape index (κ3) is 2.59. The summed E-state index contributed by atoms with van der Waals surface area (Å²) in [5.74, 6) is 0.0488. The number of hydrogen-bond donors (Lipinski definition) is 2. The van der Waals surface area contributed by atoms with Crippen molar-refractivity contribution in [2.75, 3.05) is 11.9 Å². The molecule has 98 valence electrons. The predicted molar refractivity (Wildman–Crippen MR) is 77.9 cm³/mol. The predicted octanol–water partition coefficient (Wildman–Crippen LogP) is 3.15. The van der Waals surface area contributed by atoms with Crippen LogP contribution in [0.2, 0.25) is 0 Å². The van der Waals surface area contributed by atoms with Crippen molar-refractivity contribution < 1.29 is 4.79 Å². The Bertz CT molecular complexity index is 456. The minimum absolute atomic E-state index is 0.0488. The van der Waals surface area contributed by atoms with E-state index in [1.165, 1.54) is 5.56 Å². The van der Waals surface area contributed by atoms with Gasteiger partial charge in [-0.2, -0.15) is 0 Å². The summed E-state index contributed by atoms with van der Waals surface area (Å²) < 4.78 is 0.940. The first kappa shape index (κ1) is 13.6. The van der Waals surface area contributed by atoms with Gasteiger partial charge < -0.3 is 10.6 Å². The van der Waals surface area contributed by atoms with E-state index in [9.17, 15) is 4.79 Å². The van der Waals surface area contributed by atoms with E-state index >= 15 is 0 Å². The van der Waals surface area contributed by atoms with Gasteiger partial charge in [0.2, 0.25) is 5.91 Å². The largest absolute Gasteiger partial charge is 0.323 e. The van der Waals surface area contributed by atoms with Gasteiger partial charge in [0.25, 0.3) is 0 Å². The van der Waals surface area contributed by atoms with Crippen molar-refractivity contribution in [2.24, 2.45) is 0 Å². The summed E-state index contributed by atoms with van der Waals surface area (Å²) in [4.78, 5) is 12.3. The van der Waals surface area contributed by atoms with E-state index < -0.39 is 5.54 Å². The fourth-order valence-electron chi connectivity index (χ4n) is 2.41. The van der Waals surface area contributed by atoms with E-state index in [0.717, 1.165) is 35.1 Å². The molecule has 1 aliphatic rings. The van der Waals surface area contributed by atoms with Crippen molar-refractivity contribution in [1.82, 2.24) is 5.32 Å². The molecule has 3 nitrogen and oxygen atoms in total. The van der Waals surface area contributed by atoms with Crippen molar-refractivity contribution in [3.05, 3.63) is 27.7 Å². The van der Waals surface area contributed by atoms with E-state index in [0.29, 0.717) is 0 Å². The maximum absolute atomic E-state index is 12.3. The molecule has 1 saturated heterocycles. The van der Waals surface area contributed by atoms with Crippen molar-refractivity contribution >= 4 is 27.5 Å². The number of hydrogen-bond acceptors (Lipinski definition) is 2. The molecule has 0 spiro atoms. The minimum atomic E-state index is -0.434. The lowest BCUT2D eigenvalue weighted by molar-refractivity contribution is -0.121. The average Bonchev–Trinajstić information content (AvgIpc) is 2.71. The summed E-state index contributed by atoms with van der Waals surface area (Å²) >= 11 is 3.52. The van der Waals surface area contributed by atoms with Gasteiger partial charge in [-0.05, 0) is 73.3 Å². The molecule has 2 rings (SSSR count). The maximum atomic E-state index is 12.3. The van der Waals surface area contributed by atoms with Gasteiger partial charge in [0.1, 0.15) is 0 Å². The van der Waals surface area contributed by atoms with Crippen LogP contribution in [0.3, 0.4) is 0 Å². The molecule has 1 heterocycles. The molecule has 1 aromatic carbocycles. The van der Waals surface area contributed by atoms with Gasteiger partial charge in [-0.3, -0.25) is 4.79 Å². The average molecular weight is 311 g/mol. The summed E-state index contributed by atoms with van der Waals surface area (Å²) in [6, 6.07) is 4.10. The molecule has 1 unspecified atom stereocenters. The van der Waals surface area contributed by atoms with Crippen molar-refractivity contribution in [1.29, 1.82) is 0 Å². The highest BCUT2D eigenvalue weighted by Crippen LogP contribution is 2.29. The molecule has 0 aliphatic carbocycles. The molecule has 18 heavy (non-hydrogen) atoms. The van der Waals surface area contributed by atoms with Crippen LogP contribution >= 0.6 is 15.9 Å². The van der Waals surface area contributed by atoms with E-state index in [1.807, 2.05) is 26.8 Å². The number of anilines is 1. The highest BCUT2D eigenvalue weighted by Gasteiger charge is 2.36. The number of nitrogens with one attached hydrogen (secondary N) is 2. The number of aryl methyl sites for hydroxylation is 2. The molecule has 4 heteroatoms. The van der Waals surface area contributed by atoms with Gasteiger partial charge in [-0.1, -0.05) is 6.07 Å². The van der Waals surface area contributed by atoms with E-state index in [1.54, 1.807) is 0 Å². The highest BCUT2D eigenvalue weighted by molar-refractivity contribution is 9.10. The van der Waals surface area contributed by atoms with Crippen LogP contribution in [0.4, 0.5) is 5.69 Å². The Morgan fingerprint density at radius 3 is 2.72 bits per heavy atom. The van der Waals surface area contributed by atoms with Gasteiger partial charge in [-0.15, -0.1) is 0 Å². The van der Waals surface area contributed by atoms with E-state index in [2.05, 4.69) is 32.6 Å². The number of amides is 1. The standard InChI is InChI=1S/C14H19BrN2O/c1-9-7-10(2)12(11(15)8-9)17-13(18)14(3)5-4-6-16-14/h7-8,16H,4-6H2,1-3H3,(H,17,18). The van der Waals surface area contributed by atoms with Crippen LogP contribution in [0.15, 0.2) is 16.6 Å². The van der Waals surface area contributed by atoms with E-state index in [-0.39, 0.29) is 5.91 Å². The van der Waals surface area contributed by atoms with Crippen LogP contribution in [0, 0.1) is 13.8 Å². The Morgan fingerprint density at radius 2 is 2.17 bits per heavy atom. The molecule has 1 amide bonds. The zero-order chi connectivity index (χ0) is 13.3. The smallest absolute Gasteiger partial charge is 0.244 e. The van der Waals surface area contributed by atoms with Crippen LogP contribution in [-0.4, -0.2) is 18.0 Å². The van der Waals surface area contributed by atoms with Gasteiger partial charge in [0, 0.05) is 4.47 Å². The number of benzene rings is 1. The van der Waals surface area contributed by atoms with Crippen LogP contribution < -0.4 is 10.6 Å². The maximum Gasteiger partial charge on any atom is 0.244 e. The zero-order valence-corrected chi connectivity index (χ0v) is 12.6. The highest BCUT2D eigenvalue weighted by atomic mass is 79.9. The van der Waals surface area contributed by atoms with Gasteiger partial charge in [-0.25, -0.2) is 0 Å². The number of carbonyl (C=O) groups excluding carboxylic acids is 1. The number of halogens is 1. The number of carbonyl (C=O) groups is 1. The molecular weight excluding hydrogens is 292 g/mol. The Hall–Kier alpha value is -0.870. The molecule has 1 fully saturated rings. The first-order chi connectivity index (χ1) is 8.42. The summed E-state index contributed by atoms with van der Waals surface area (Å²) in [5, 5.41) is 6.32. The minimum Gasteiger partial charge on any atom is -0.323 e. The van der Waals surface area contributed by atoms with Crippen LogP contribution in [0.5, 0.6) is 0 Å². The summed E-state index contributed by atoms with van der Waals surface area (Å²) in [5.41, 5.74) is 2.71. The topological polar surface area (TPSA) is 41.1 Å². The van der Waals surface area contributed by atoms with E-state index in [4.69, 9.17) is 0 Å². The first-order valence-corrected chi connectivity index (χ1v) is 7.05. The summed E-state index contributed by atoms with van der Waals surface area (Å²) in [6.07, 6.45) is 1.94. The van der Waals surface area contributed by atoms with Crippen LogP contribution in [0.25, 0.3) is 0 Å². The van der Waals surface area contributed by atoms with Gasteiger partial charge in [0.15, 0.2) is 0 Å². The van der Waals surface area contributed by atoms with Gasteiger partial charge in [0.05, 0.1) is 11.2 Å². The lowest BCUT2D eigenvalue weighted by Gasteiger charge is -2.24. The third-order valence-electron chi connectivity index (χ3n) is 3.54. The summed E-state index contributed by atoms with van der Waals surface area (Å²) in [6.45, 7) is 6.94. The Balaban J connectivity index is 2.22. The van der Waals surface area contributed by atoms with Crippen molar-refractivity contribution in [2.45, 2.75) is 39.2 Å². The molecule has 1 atom stereocenters. The molecule has 0 saturated carbocycles. The lowest BCUT2D eigenvalue weighted by atomic mass is 9.99. The Kier molecular flexibility index (Phi) is 3.78. The third-order valence-corrected chi connectivity index (χ3v) is 4.17. The Morgan fingerprint density at radius 1 is 1.44 bits per heavy atom. The second-order valence-electron chi connectivity index (χ2n) is 5.26. The van der Waals surface area contributed by atoms with Crippen molar-refractivity contribution in [3.8, 4) is 0 Å². The quantitative estimate of drug-likeness (QED) is 0.881. The second-order valence-corrected chi connectivity index (χ2v) is 6.11. The molecule has 0 bridgehead atoms. The Labute approximate surface area is 116 Å². The van der Waals surface area contributed by atoms with Crippen molar-refractivity contribution in [3.63, 3.8) is 0 Å². The zero-order valence-electron chi connectivity index (χ0n) is 11.1.